The van der Waals surface area contributed by atoms with E-state index in [2.05, 4.69) is 5.43 Å². The van der Waals surface area contributed by atoms with E-state index in [-0.39, 0.29) is 6.04 Å². The zero-order valence-corrected chi connectivity index (χ0v) is 9.15. The lowest BCUT2D eigenvalue weighted by Gasteiger charge is -2.33. The van der Waals surface area contributed by atoms with Crippen LogP contribution in [-0.2, 0) is 0 Å². The van der Waals surface area contributed by atoms with Crippen molar-refractivity contribution < 1.29 is 10.4 Å². The number of nitrogens with one attached hydrogen (secondary N) is 1. The largest absolute Gasteiger partial charge is 0.312 e. The molecule has 5 N–H and O–H groups in total. The summed E-state index contributed by atoms with van der Waals surface area (Å²) in [7, 11) is 0. The van der Waals surface area contributed by atoms with Gasteiger partial charge in [0.15, 0.2) is 0 Å². The maximum Gasteiger partial charge on any atom is 0.116 e. The number of nitrogens with two attached hydrogens (primary N) is 1. The Morgan fingerprint density at radius 2 is 1.79 bits per heavy atom. The van der Waals surface area contributed by atoms with E-state index >= 15 is 0 Å². The average molecular weight is 204 g/mol. The SMILES string of the molecule is CC1(C)C(CNN)N(O)C(C)(C)N1O. The molecule has 0 aromatic rings. The summed E-state index contributed by atoms with van der Waals surface area (Å²) >= 11 is 0. The normalized spacial score (nSPS) is 32.4. The fourth-order valence-corrected chi connectivity index (χ4v) is 2.07. The first kappa shape index (κ1) is 11.8. The lowest BCUT2D eigenvalue weighted by molar-refractivity contribution is -0.260. The standard InChI is InChI=1S/C8H20N4O2/c1-7(2)6(5-10-9)11(13)8(3,4)12(7)14/h6,10,13-14H,5,9H2,1-4H3. The number of hydrogen-bond donors (Lipinski definition) is 4. The van der Waals surface area contributed by atoms with Crippen molar-refractivity contribution in [3.63, 3.8) is 0 Å². The summed E-state index contributed by atoms with van der Waals surface area (Å²) < 4.78 is 0. The van der Waals surface area contributed by atoms with Gasteiger partial charge in [0.05, 0.1) is 11.6 Å². The van der Waals surface area contributed by atoms with E-state index in [0.29, 0.717) is 6.54 Å². The van der Waals surface area contributed by atoms with E-state index in [4.69, 9.17) is 5.84 Å². The van der Waals surface area contributed by atoms with Crippen molar-refractivity contribution in [2.45, 2.75) is 44.9 Å². The summed E-state index contributed by atoms with van der Waals surface area (Å²) in [6.07, 6.45) is 0. The first-order valence-corrected chi connectivity index (χ1v) is 4.67. The zero-order valence-electron chi connectivity index (χ0n) is 9.15. The molecule has 0 aromatic carbocycles. The van der Waals surface area contributed by atoms with Gasteiger partial charge in [-0.25, -0.2) is 0 Å². The van der Waals surface area contributed by atoms with Gasteiger partial charge in [0.2, 0.25) is 0 Å². The lowest BCUT2D eigenvalue weighted by Crippen LogP contribution is -2.51. The Morgan fingerprint density at radius 1 is 1.29 bits per heavy atom. The number of rotatable bonds is 2. The van der Waals surface area contributed by atoms with Gasteiger partial charge in [0.1, 0.15) is 5.66 Å². The second kappa shape index (κ2) is 3.41. The highest BCUT2D eigenvalue weighted by atomic mass is 16.6. The highest BCUT2D eigenvalue weighted by Gasteiger charge is 2.56. The quantitative estimate of drug-likeness (QED) is 0.366. The van der Waals surface area contributed by atoms with Crippen LogP contribution in [0.3, 0.4) is 0 Å². The van der Waals surface area contributed by atoms with Crippen LogP contribution in [0.1, 0.15) is 27.7 Å². The third-order valence-corrected chi connectivity index (χ3v) is 3.05. The van der Waals surface area contributed by atoms with Crippen LogP contribution in [-0.4, -0.2) is 44.3 Å². The van der Waals surface area contributed by atoms with Crippen molar-refractivity contribution in [2.24, 2.45) is 5.84 Å². The summed E-state index contributed by atoms with van der Waals surface area (Å²) in [5.41, 5.74) is 1.16. The summed E-state index contributed by atoms with van der Waals surface area (Å²) in [6, 6.07) is -0.257. The lowest BCUT2D eigenvalue weighted by atomic mass is 9.96. The van der Waals surface area contributed by atoms with Crippen molar-refractivity contribution in [1.29, 1.82) is 0 Å². The molecule has 0 aliphatic carbocycles. The van der Waals surface area contributed by atoms with Gasteiger partial charge in [-0.3, -0.25) is 11.3 Å². The van der Waals surface area contributed by atoms with Gasteiger partial charge >= 0.3 is 0 Å². The topological polar surface area (TPSA) is 85.0 Å². The van der Waals surface area contributed by atoms with Crippen molar-refractivity contribution in [3.8, 4) is 0 Å². The smallest absolute Gasteiger partial charge is 0.116 e. The predicted octanol–water partition coefficient (Wildman–Crippen LogP) is -0.271. The predicted molar refractivity (Wildman–Crippen MR) is 51.4 cm³/mol. The summed E-state index contributed by atoms with van der Waals surface area (Å²) in [4.78, 5) is 0. The van der Waals surface area contributed by atoms with E-state index in [1.54, 1.807) is 13.8 Å². The van der Waals surface area contributed by atoms with Crippen LogP contribution in [0.25, 0.3) is 0 Å². The number of hydrogen-bond acceptors (Lipinski definition) is 6. The number of hydroxylamine groups is 4. The molecule has 6 heteroatoms. The summed E-state index contributed by atoms with van der Waals surface area (Å²) in [6.45, 7) is 7.60. The second-order valence-corrected chi connectivity index (χ2v) is 4.73. The van der Waals surface area contributed by atoms with Gasteiger partial charge in [-0.2, -0.15) is 10.1 Å². The van der Waals surface area contributed by atoms with Gasteiger partial charge in [0.25, 0.3) is 0 Å². The molecular formula is C8H20N4O2. The van der Waals surface area contributed by atoms with E-state index < -0.39 is 11.2 Å². The van der Waals surface area contributed by atoms with Crippen LogP contribution in [0.15, 0.2) is 0 Å². The van der Waals surface area contributed by atoms with Crippen LogP contribution >= 0.6 is 0 Å². The minimum Gasteiger partial charge on any atom is -0.312 e. The van der Waals surface area contributed by atoms with Gasteiger partial charge in [-0.05, 0) is 27.7 Å². The van der Waals surface area contributed by atoms with Crippen LogP contribution < -0.4 is 11.3 Å². The van der Waals surface area contributed by atoms with Crippen molar-refractivity contribution >= 4 is 0 Å². The third kappa shape index (κ3) is 1.44. The van der Waals surface area contributed by atoms with Crippen molar-refractivity contribution in [1.82, 2.24) is 15.6 Å². The Bertz CT molecular complexity index is 219. The van der Waals surface area contributed by atoms with E-state index in [1.165, 1.54) is 0 Å². The van der Waals surface area contributed by atoms with Crippen LogP contribution in [0.5, 0.6) is 0 Å². The molecule has 0 spiro atoms. The Morgan fingerprint density at radius 3 is 2.07 bits per heavy atom. The number of hydrazine groups is 1. The minimum absolute atomic E-state index is 0.257. The molecule has 1 heterocycles. The molecule has 1 aliphatic rings. The molecule has 1 aliphatic heterocycles. The fraction of sp³-hybridized carbons (Fsp3) is 1.00. The highest BCUT2D eigenvalue weighted by Crippen LogP contribution is 2.38. The fourth-order valence-electron chi connectivity index (χ4n) is 2.07. The molecule has 1 rings (SSSR count). The average Bonchev–Trinajstić information content (AvgIpc) is 2.19. The molecule has 6 nitrogen and oxygen atoms in total. The molecule has 0 aromatic heterocycles. The van der Waals surface area contributed by atoms with Crippen LogP contribution in [0.4, 0.5) is 0 Å². The molecule has 0 amide bonds. The molecule has 0 radical (unpaired) electrons. The molecule has 0 saturated carbocycles. The van der Waals surface area contributed by atoms with E-state index in [1.807, 2.05) is 13.8 Å². The van der Waals surface area contributed by atoms with Gasteiger partial charge < -0.3 is 10.4 Å². The summed E-state index contributed by atoms with van der Waals surface area (Å²) in [5, 5.41) is 22.1. The van der Waals surface area contributed by atoms with E-state index in [9.17, 15) is 10.4 Å². The third-order valence-electron chi connectivity index (χ3n) is 3.05. The number of nitrogens with zero attached hydrogens (tertiary/aromatic N) is 2. The van der Waals surface area contributed by atoms with Crippen molar-refractivity contribution in [3.05, 3.63) is 0 Å². The molecule has 1 saturated heterocycles. The minimum atomic E-state index is -0.801. The van der Waals surface area contributed by atoms with Crippen molar-refractivity contribution in [2.75, 3.05) is 6.54 Å². The van der Waals surface area contributed by atoms with Crippen LogP contribution in [0.2, 0.25) is 0 Å². The second-order valence-electron chi connectivity index (χ2n) is 4.73. The maximum atomic E-state index is 9.92. The molecule has 1 fully saturated rings. The molecule has 14 heavy (non-hydrogen) atoms. The van der Waals surface area contributed by atoms with Gasteiger partial charge in [0, 0.05) is 6.54 Å². The zero-order chi connectivity index (χ0) is 11.1. The highest BCUT2D eigenvalue weighted by molar-refractivity contribution is 5.03. The monoisotopic (exact) mass is 204 g/mol. The molecule has 0 bridgehead atoms. The maximum absolute atomic E-state index is 9.92. The first-order valence-electron chi connectivity index (χ1n) is 4.67. The van der Waals surface area contributed by atoms with Crippen LogP contribution in [0, 0.1) is 0 Å². The van der Waals surface area contributed by atoms with Gasteiger partial charge in [-0.15, -0.1) is 0 Å². The Kier molecular flexibility index (Phi) is 2.88. The Labute approximate surface area is 84.2 Å². The summed E-state index contributed by atoms with van der Waals surface area (Å²) in [5.74, 6) is 5.24. The molecular weight excluding hydrogens is 184 g/mol. The van der Waals surface area contributed by atoms with Gasteiger partial charge in [-0.1, -0.05) is 0 Å². The molecule has 1 unspecified atom stereocenters. The molecule has 84 valence electrons. The first-order chi connectivity index (χ1) is 6.26. The Balaban J connectivity index is 2.97. The van der Waals surface area contributed by atoms with E-state index in [0.717, 1.165) is 10.1 Å². The Hall–Kier alpha value is -0.240. The molecule has 1 atom stereocenters.